The summed E-state index contributed by atoms with van der Waals surface area (Å²) in [5, 5.41) is 13.3. The first-order valence-electron chi connectivity index (χ1n) is 6.99. The Balaban J connectivity index is 1.75. The molecule has 4 aromatic rings. The highest BCUT2D eigenvalue weighted by Gasteiger charge is 2.07. The molecule has 0 aliphatic carbocycles. The first-order valence-corrected chi connectivity index (χ1v) is 6.99. The Hall–Kier alpha value is -2.95. The van der Waals surface area contributed by atoms with Crippen LogP contribution >= 0.6 is 0 Å². The molecular weight excluding hydrogens is 279 g/mol. The molecule has 0 unspecified atom stereocenters. The molecule has 4 nitrogen and oxygen atoms in total. The molecule has 2 aromatic carbocycles. The summed E-state index contributed by atoms with van der Waals surface area (Å²) in [6.45, 7) is -0.459. The number of rotatable bonds is 3. The Kier molecular flexibility index (Phi) is 2.96. The molecule has 0 fully saturated rings. The van der Waals surface area contributed by atoms with E-state index in [0.29, 0.717) is 5.56 Å². The minimum atomic E-state index is -0.459. The van der Waals surface area contributed by atoms with Crippen molar-refractivity contribution in [1.82, 2.24) is 15.2 Å². The summed E-state index contributed by atoms with van der Waals surface area (Å²) in [7, 11) is 0. The van der Waals surface area contributed by atoms with Crippen molar-refractivity contribution < 1.29 is 4.39 Å². The first-order chi connectivity index (χ1) is 10.8. The van der Waals surface area contributed by atoms with E-state index in [9.17, 15) is 4.39 Å². The predicted molar refractivity (Wildman–Crippen MR) is 85.9 cm³/mol. The van der Waals surface area contributed by atoms with Crippen molar-refractivity contribution in [3.05, 3.63) is 60.3 Å². The van der Waals surface area contributed by atoms with Crippen LogP contribution in [0.2, 0.25) is 0 Å². The van der Waals surface area contributed by atoms with Crippen molar-refractivity contribution in [1.29, 1.82) is 0 Å². The minimum Gasteiger partial charge on any atom is -0.338 e. The minimum absolute atomic E-state index is 0.459. The number of hydrogen-bond donors (Lipinski definition) is 2. The number of H-pyrrole nitrogens is 1. The van der Waals surface area contributed by atoms with Crippen molar-refractivity contribution in [3.8, 4) is 0 Å². The summed E-state index contributed by atoms with van der Waals surface area (Å²) >= 11 is 0. The average Bonchev–Trinajstić information content (AvgIpc) is 2.97. The third-order valence-corrected chi connectivity index (χ3v) is 3.71. The summed E-state index contributed by atoms with van der Waals surface area (Å²) < 4.78 is 13.0. The molecule has 0 radical (unpaired) electrons. The molecule has 4 rings (SSSR count). The van der Waals surface area contributed by atoms with Crippen LogP contribution in [0.15, 0.2) is 54.7 Å². The van der Waals surface area contributed by atoms with Crippen molar-refractivity contribution in [2.75, 3.05) is 5.32 Å². The van der Waals surface area contributed by atoms with E-state index in [-0.39, 0.29) is 0 Å². The van der Waals surface area contributed by atoms with E-state index in [4.69, 9.17) is 0 Å². The molecule has 0 amide bonds. The summed E-state index contributed by atoms with van der Waals surface area (Å²) in [5.41, 5.74) is 2.35. The summed E-state index contributed by atoms with van der Waals surface area (Å²) in [4.78, 5) is 4.22. The van der Waals surface area contributed by atoms with Crippen LogP contribution in [0.5, 0.6) is 0 Å². The van der Waals surface area contributed by atoms with Crippen LogP contribution < -0.4 is 5.32 Å². The molecule has 2 N–H and O–H groups in total. The Labute approximate surface area is 126 Å². The second kappa shape index (κ2) is 5.11. The number of benzene rings is 2. The number of nitrogens with one attached hydrogen (secondary N) is 2. The summed E-state index contributed by atoms with van der Waals surface area (Å²) in [6.07, 6.45) is 1.72. The molecule has 0 bridgehead atoms. The number of anilines is 2. The van der Waals surface area contributed by atoms with Gasteiger partial charge in [0.05, 0.1) is 5.39 Å². The molecule has 2 aromatic heterocycles. The standard InChI is InChI=1S/C17H13FN4/c18-10-12-4-1-3-11-9-13(6-7-14(11)12)20-17-15-5-2-8-19-16(15)21-22-17/h1-9H,10H2,(H2,19,20,21,22). The predicted octanol–water partition coefficient (Wildman–Crippen LogP) is 4.32. The Morgan fingerprint density at radius 3 is 2.91 bits per heavy atom. The van der Waals surface area contributed by atoms with Crippen LogP contribution in [0, 0.1) is 0 Å². The van der Waals surface area contributed by atoms with Gasteiger partial charge < -0.3 is 5.32 Å². The van der Waals surface area contributed by atoms with Gasteiger partial charge in [0.1, 0.15) is 6.67 Å². The number of nitrogens with zero attached hydrogens (tertiary/aromatic N) is 2. The average molecular weight is 292 g/mol. The number of alkyl halides is 1. The maximum absolute atomic E-state index is 13.0. The highest BCUT2D eigenvalue weighted by molar-refractivity contribution is 5.92. The van der Waals surface area contributed by atoms with Gasteiger partial charge in [0.15, 0.2) is 11.5 Å². The van der Waals surface area contributed by atoms with Crippen LogP contribution in [0.1, 0.15) is 5.56 Å². The fourth-order valence-corrected chi connectivity index (χ4v) is 2.63. The molecule has 0 spiro atoms. The van der Waals surface area contributed by atoms with E-state index in [1.807, 2.05) is 48.5 Å². The van der Waals surface area contributed by atoms with Gasteiger partial charge in [0, 0.05) is 11.9 Å². The zero-order valence-corrected chi connectivity index (χ0v) is 11.7. The third kappa shape index (κ3) is 2.07. The molecule has 22 heavy (non-hydrogen) atoms. The van der Waals surface area contributed by atoms with Gasteiger partial charge in [0.25, 0.3) is 0 Å². The molecule has 0 saturated heterocycles. The van der Waals surface area contributed by atoms with E-state index >= 15 is 0 Å². The maximum Gasteiger partial charge on any atom is 0.161 e. The van der Waals surface area contributed by atoms with Gasteiger partial charge in [-0.2, -0.15) is 5.10 Å². The third-order valence-electron chi connectivity index (χ3n) is 3.71. The largest absolute Gasteiger partial charge is 0.338 e. The lowest BCUT2D eigenvalue weighted by atomic mass is 10.0. The van der Waals surface area contributed by atoms with E-state index in [1.165, 1.54) is 0 Å². The van der Waals surface area contributed by atoms with Gasteiger partial charge in [0.2, 0.25) is 0 Å². The maximum atomic E-state index is 13.0. The lowest BCUT2D eigenvalue weighted by Crippen LogP contribution is -1.92. The Morgan fingerprint density at radius 2 is 2.00 bits per heavy atom. The monoisotopic (exact) mass is 292 g/mol. The number of aromatic amines is 1. The topological polar surface area (TPSA) is 53.6 Å². The van der Waals surface area contributed by atoms with Crippen LogP contribution in [0.25, 0.3) is 21.8 Å². The van der Waals surface area contributed by atoms with Crippen molar-refractivity contribution >= 4 is 33.3 Å². The van der Waals surface area contributed by atoms with Crippen LogP contribution in [0.3, 0.4) is 0 Å². The van der Waals surface area contributed by atoms with Crippen molar-refractivity contribution in [2.45, 2.75) is 6.67 Å². The molecule has 2 heterocycles. The van der Waals surface area contributed by atoms with Crippen molar-refractivity contribution in [3.63, 3.8) is 0 Å². The number of halogens is 1. The first kappa shape index (κ1) is 12.8. The number of hydrogen-bond acceptors (Lipinski definition) is 3. The van der Waals surface area contributed by atoms with Gasteiger partial charge in [-0.3, -0.25) is 5.10 Å². The molecular formula is C17H13FN4. The Bertz CT molecular complexity index is 961. The summed E-state index contributed by atoms with van der Waals surface area (Å²) in [6, 6.07) is 15.3. The van der Waals surface area contributed by atoms with Crippen molar-refractivity contribution in [2.24, 2.45) is 0 Å². The van der Waals surface area contributed by atoms with E-state index in [2.05, 4.69) is 20.5 Å². The second-order valence-electron chi connectivity index (χ2n) is 5.08. The van der Waals surface area contributed by atoms with E-state index in [1.54, 1.807) is 6.20 Å². The second-order valence-corrected chi connectivity index (χ2v) is 5.08. The summed E-state index contributed by atoms with van der Waals surface area (Å²) in [5.74, 6) is 0.726. The van der Waals surface area contributed by atoms with Gasteiger partial charge in [-0.1, -0.05) is 24.3 Å². The number of fused-ring (bicyclic) bond motifs is 2. The van der Waals surface area contributed by atoms with Gasteiger partial charge in [-0.25, -0.2) is 9.37 Å². The van der Waals surface area contributed by atoms with Crippen LogP contribution in [-0.4, -0.2) is 15.2 Å². The van der Waals surface area contributed by atoms with Crippen LogP contribution in [-0.2, 0) is 6.67 Å². The normalized spacial score (nSPS) is 11.1. The fourth-order valence-electron chi connectivity index (χ4n) is 2.63. The smallest absolute Gasteiger partial charge is 0.161 e. The fraction of sp³-hybridized carbons (Fsp3) is 0.0588. The zero-order chi connectivity index (χ0) is 14.9. The molecule has 0 aliphatic heterocycles. The molecule has 0 atom stereocenters. The zero-order valence-electron chi connectivity index (χ0n) is 11.7. The number of aromatic nitrogens is 3. The molecule has 0 aliphatic rings. The highest BCUT2D eigenvalue weighted by atomic mass is 19.1. The van der Waals surface area contributed by atoms with Gasteiger partial charge >= 0.3 is 0 Å². The van der Waals surface area contributed by atoms with E-state index < -0.39 is 6.67 Å². The lowest BCUT2D eigenvalue weighted by Gasteiger charge is -2.07. The van der Waals surface area contributed by atoms with Gasteiger partial charge in [-0.15, -0.1) is 0 Å². The molecule has 108 valence electrons. The quantitative estimate of drug-likeness (QED) is 0.591. The molecule has 0 saturated carbocycles. The Morgan fingerprint density at radius 1 is 1.05 bits per heavy atom. The van der Waals surface area contributed by atoms with E-state index in [0.717, 1.165) is 33.3 Å². The van der Waals surface area contributed by atoms with Gasteiger partial charge in [-0.05, 0) is 40.6 Å². The van der Waals surface area contributed by atoms with Crippen LogP contribution in [0.4, 0.5) is 15.9 Å². The number of pyridine rings is 1. The SMILES string of the molecule is FCc1cccc2cc(Nc3n[nH]c4ncccc34)ccc12. The lowest BCUT2D eigenvalue weighted by molar-refractivity contribution is 0.488. The highest BCUT2D eigenvalue weighted by Crippen LogP contribution is 2.27. The molecule has 5 heteroatoms.